The highest BCUT2D eigenvalue weighted by Crippen LogP contribution is 2.35. The smallest absolute Gasteiger partial charge is 0.233 e. The van der Waals surface area contributed by atoms with Crippen molar-refractivity contribution in [3.05, 3.63) is 24.1 Å². The van der Waals surface area contributed by atoms with Crippen LogP contribution in [0.1, 0.15) is 20.3 Å². The van der Waals surface area contributed by atoms with E-state index >= 15 is 0 Å². The summed E-state index contributed by atoms with van der Waals surface area (Å²) in [6.07, 6.45) is 0.797. The number of hydrogen-bond acceptors (Lipinski definition) is 3. The first kappa shape index (κ1) is 13.0. The summed E-state index contributed by atoms with van der Waals surface area (Å²) >= 11 is 0. The fourth-order valence-corrected chi connectivity index (χ4v) is 2.38. The van der Waals surface area contributed by atoms with Crippen molar-refractivity contribution in [2.75, 3.05) is 18.4 Å². The highest BCUT2D eigenvalue weighted by atomic mass is 19.1. The summed E-state index contributed by atoms with van der Waals surface area (Å²) in [6.45, 7) is 5.56. The molecule has 4 nitrogen and oxygen atoms in total. The number of halogens is 1. The SMILES string of the molecule is CC(C)C1(C(=O)Nc2cccc(F)n2)CCNC1. The number of amides is 1. The average molecular weight is 251 g/mol. The second-order valence-corrected chi connectivity index (χ2v) is 5.04. The lowest BCUT2D eigenvalue weighted by Gasteiger charge is -2.30. The second kappa shape index (κ2) is 5.02. The van der Waals surface area contributed by atoms with E-state index in [0.29, 0.717) is 6.54 Å². The topological polar surface area (TPSA) is 54.0 Å². The van der Waals surface area contributed by atoms with Crippen LogP contribution in [0.2, 0.25) is 0 Å². The number of carbonyl (C=O) groups excluding carboxylic acids is 1. The highest BCUT2D eigenvalue weighted by molar-refractivity contribution is 5.95. The quantitative estimate of drug-likeness (QED) is 0.805. The van der Waals surface area contributed by atoms with Crippen molar-refractivity contribution in [2.24, 2.45) is 11.3 Å². The first-order chi connectivity index (χ1) is 8.54. The van der Waals surface area contributed by atoms with Crippen LogP contribution in [-0.2, 0) is 4.79 Å². The Hall–Kier alpha value is -1.49. The van der Waals surface area contributed by atoms with Crippen molar-refractivity contribution in [1.29, 1.82) is 0 Å². The van der Waals surface area contributed by atoms with Gasteiger partial charge in [0.25, 0.3) is 0 Å². The molecular formula is C13H18FN3O. The van der Waals surface area contributed by atoms with E-state index in [4.69, 9.17) is 0 Å². The van der Waals surface area contributed by atoms with Crippen molar-refractivity contribution in [3.63, 3.8) is 0 Å². The molecule has 1 aromatic rings. The zero-order chi connectivity index (χ0) is 13.2. The molecule has 18 heavy (non-hydrogen) atoms. The minimum Gasteiger partial charge on any atom is -0.316 e. The maximum atomic E-state index is 13.0. The molecule has 1 amide bonds. The lowest BCUT2D eigenvalue weighted by molar-refractivity contribution is -0.126. The van der Waals surface area contributed by atoms with Crippen molar-refractivity contribution in [3.8, 4) is 0 Å². The predicted molar refractivity (Wildman–Crippen MR) is 67.6 cm³/mol. The van der Waals surface area contributed by atoms with Gasteiger partial charge in [0, 0.05) is 6.54 Å². The van der Waals surface area contributed by atoms with E-state index in [2.05, 4.69) is 15.6 Å². The molecule has 0 aliphatic carbocycles. The Morgan fingerprint density at radius 2 is 2.33 bits per heavy atom. The van der Waals surface area contributed by atoms with Gasteiger partial charge in [-0.25, -0.2) is 4.98 Å². The summed E-state index contributed by atoms with van der Waals surface area (Å²) in [5, 5.41) is 5.93. The molecule has 1 fully saturated rings. The Labute approximate surface area is 106 Å². The molecule has 1 atom stereocenters. The summed E-state index contributed by atoms with van der Waals surface area (Å²) < 4.78 is 13.0. The van der Waals surface area contributed by atoms with Gasteiger partial charge in [-0.1, -0.05) is 19.9 Å². The number of carbonyl (C=O) groups is 1. The summed E-state index contributed by atoms with van der Waals surface area (Å²) in [7, 11) is 0. The summed E-state index contributed by atoms with van der Waals surface area (Å²) in [4.78, 5) is 16.0. The van der Waals surface area contributed by atoms with E-state index in [0.717, 1.165) is 13.0 Å². The highest BCUT2D eigenvalue weighted by Gasteiger charge is 2.43. The lowest BCUT2D eigenvalue weighted by atomic mass is 9.75. The summed E-state index contributed by atoms with van der Waals surface area (Å²) in [6, 6.07) is 4.38. The van der Waals surface area contributed by atoms with Crippen LogP contribution >= 0.6 is 0 Å². The van der Waals surface area contributed by atoms with Crippen LogP contribution in [0.4, 0.5) is 10.2 Å². The van der Waals surface area contributed by atoms with Crippen molar-refractivity contribution >= 4 is 11.7 Å². The number of pyridine rings is 1. The predicted octanol–water partition coefficient (Wildman–Crippen LogP) is 1.79. The Bertz CT molecular complexity index is 442. The van der Waals surface area contributed by atoms with E-state index in [1.54, 1.807) is 6.07 Å². The van der Waals surface area contributed by atoms with Crippen LogP contribution in [0.15, 0.2) is 18.2 Å². The van der Waals surface area contributed by atoms with Crippen molar-refractivity contribution in [1.82, 2.24) is 10.3 Å². The molecule has 1 saturated heterocycles. The van der Waals surface area contributed by atoms with E-state index < -0.39 is 11.4 Å². The molecule has 1 unspecified atom stereocenters. The first-order valence-corrected chi connectivity index (χ1v) is 6.19. The van der Waals surface area contributed by atoms with E-state index in [9.17, 15) is 9.18 Å². The van der Waals surface area contributed by atoms with Crippen molar-refractivity contribution in [2.45, 2.75) is 20.3 Å². The molecule has 0 bridgehead atoms. The fraction of sp³-hybridized carbons (Fsp3) is 0.538. The molecule has 2 N–H and O–H groups in total. The third kappa shape index (κ3) is 2.36. The van der Waals surface area contributed by atoms with Gasteiger partial charge in [0.05, 0.1) is 5.41 Å². The van der Waals surface area contributed by atoms with Gasteiger partial charge in [-0.3, -0.25) is 4.79 Å². The Morgan fingerprint density at radius 1 is 1.56 bits per heavy atom. The van der Waals surface area contributed by atoms with E-state index in [1.165, 1.54) is 12.1 Å². The number of rotatable bonds is 3. The molecule has 5 heteroatoms. The third-order valence-electron chi connectivity index (χ3n) is 3.70. The summed E-state index contributed by atoms with van der Waals surface area (Å²) in [5.74, 6) is -0.176. The van der Waals surface area contributed by atoms with Crippen LogP contribution in [-0.4, -0.2) is 24.0 Å². The molecule has 2 rings (SSSR count). The minimum absolute atomic E-state index is 0.0828. The molecule has 2 heterocycles. The molecule has 0 aromatic carbocycles. The van der Waals surface area contributed by atoms with Gasteiger partial charge in [-0.15, -0.1) is 0 Å². The van der Waals surface area contributed by atoms with Gasteiger partial charge in [0.15, 0.2) is 0 Å². The number of nitrogens with one attached hydrogen (secondary N) is 2. The number of anilines is 1. The number of hydrogen-bond donors (Lipinski definition) is 2. The van der Waals surface area contributed by atoms with Crippen LogP contribution in [0.25, 0.3) is 0 Å². The van der Waals surface area contributed by atoms with E-state index in [1.807, 2.05) is 13.8 Å². The van der Waals surface area contributed by atoms with Gasteiger partial charge in [-0.2, -0.15) is 4.39 Å². The summed E-state index contributed by atoms with van der Waals surface area (Å²) in [5.41, 5.74) is -0.423. The molecule has 0 saturated carbocycles. The normalized spacial score (nSPS) is 23.3. The number of aromatic nitrogens is 1. The maximum Gasteiger partial charge on any atom is 0.233 e. The van der Waals surface area contributed by atoms with Crippen LogP contribution < -0.4 is 10.6 Å². The lowest BCUT2D eigenvalue weighted by Crippen LogP contribution is -2.42. The van der Waals surface area contributed by atoms with Gasteiger partial charge >= 0.3 is 0 Å². The second-order valence-electron chi connectivity index (χ2n) is 5.04. The average Bonchev–Trinajstić information content (AvgIpc) is 2.79. The van der Waals surface area contributed by atoms with Gasteiger partial charge in [0.1, 0.15) is 5.82 Å². The standard InChI is InChI=1S/C13H18FN3O/c1-9(2)13(6-7-15-8-13)12(18)17-11-5-3-4-10(14)16-11/h3-5,9,15H,6-8H2,1-2H3,(H,16,17,18). The Kier molecular flexibility index (Phi) is 3.61. The molecular weight excluding hydrogens is 233 g/mol. The Morgan fingerprint density at radius 3 is 2.89 bits per heavy atom. The zero-order valence-electron chi connectivity index (χ0n) is 10.7. The third-order valence-corrected chi connectivity index (χ3v) is 3.70. The minimum atomic E-state index is -0.587. The Balaban J connectivity index is 2.16. The van der Waals surface area contributed by atoms with Crippen LogP contribution in [0, 0.1) is 17.3 Å². The zero-order valence-corrected chi connectivity index (χ0v) is 10.7. The molecule has 98 valence electrons. The number of nitrogens with zero attached hydrogens (tertiary/aromatic N) is 1. The van der Waals surface area contributed by atoms with Crippen LogP contribution in [0.3, 0.4) is 0 Å². The van der Waals surface area contributed by atoms with Crippen LogP contribution in [0.5, 0.6) is 0 Å². The van der Waals surface area contributed by atoms with E-state index in [-0.39, 0.29) is 17.6 Å². The molecule has 0 radical (unpaired) electrons. The fourth-order valence-electron chi connectivity index (χ4n) is 2.38. The molecule has 1 aromatic heterocycles. The maximum absolute atomic E-state index is 13.0. The molecule has 1 aliphatic rings. The van der Waals surface area contributed by atoms with Crippen molar-refractivity contribution < 1.29 is 9.18 Å². The monoisotopic (exact) mass is 251 g/mol. The van der Waals surface area contributed by atoms with Gasteiger partial charge < -0.3 is 10.6 Å². The van der Waals surface area contributed by atoms with Gasteiger partial charge in [0.2, 0.25) is 11.9 Å². The van der Waals surface area contributed by atoms with Gasteiger partial charge in [-0.05, 0) is 31.0 Å². The molecule has 1 aliphatic heterocycles. The first-order valence-electron chi connectivity index (χ1n) is 6.19. The largest absolute Gasteiger partial charge is 0.316 e. The molecule has 0 spiro atoms.